The van der Waals surface area contributed by atoms with Gasteiger partial charge in [-0.2, -0.15) is 0 Å². The molecule has 106 valence electrons. The topological polar surface area (TPSA) is 35.5 Å². The van der Waals surface area contributed by atoms with E-state index in [1.54, 1.807) is 0 Å². The van der Waals surface area contributed by atoms with Gasteiger partial charge in [-0.25, -0.2) is 0 Å². The molecule has 2 N–H and O–H groups in total. The molecule has 1 saturated carbocycles. The lowest BCUT2D eigenvalue weighted by Gasteiger charge is -2.48. The van der Waals surface area contributed by atoms with E-state index in [0.717, 1.165) is 25.6 Å². The Morgan fingerprint density at radius 3 is 2.61 bits per heavy atom. The van der Waals surface area contributed by atoms with E-state index in [4.69, 9.17) is 0 Å². The smallest absolute Gasteiger partial charge is 0.0446 e. The van der Waals surface area contributed by atoms with Gasteiger partial charge in [-0.1, -0.05) is 19.3 Å². The Morgan fingerprint density at radius 1 is 1.22 bits per heavy atom. The lowest BCUT2D eigenvalue weighted by Crippen LogP contribution is -2.56. The first-order valence-electron chi connectivity index (χ1n) is 7.75. The fourth-order valence-corrected chi connectivity index (χ4v) is 3.93. The summed E-state index contributed by atoms with van der Waals surface area (Å²) in [5.41, 5.74) is 0.269. The molecule has 0 aromatic carbocycles. The van der Waals surface area contributed by atoms with Crippen molar-refractivity contribution in [2.24, 2.45) is 0 Å². The van der Waals surface area contributed by atoms with Gasteiger partial charge in [-0.15, -0.1) is 0 Å². The first-order valence-corrected chi connectivity index (χ1v) is 7.75. The molecular weight excluding hydrogens is 224 g/mol. The third-order valence-electron chi connectivity index (χ3n) is 4.82. The average Bonchev–Trinajstić information content (AvgIpc) is 2.49. The van der Waals surface area contributed by atoms with Crippen LogP contribution in [0.15, 0.2) is 0 Å². The maximum absolute atomic E-state index is 9.34. The van der Waals surface area contributed by atoms with Gasteiger partial charge in [0, 0.05) is 30.8 Å². The summed E-state index contributed by atoms with van der Waals surface area (Å²) >= 11 is 0. The van der Waals surface area contributed by atoms with Crippen LogP contribution in [0.5, 0.6) is 0 Å². The molecule has 0 aromatic rings. The van der Waals surface area contributed by atoms with Crippen LogP contribution in [0, 0.1) is 0 Å². The van der Waals surface area contributed by atoms with Gasteiger partial charge in [0.15, 0.2) is 0 Å². The fourth-order valence-electron chi connectivity index (χ4n) is 3.93. The molecule has 0 radical (unpaired) electrons. The molecule has 1 unspecified atom stereocenters. The highest BCUT2D eigenvalue weighted by Gasteiger charge is 2.38. The summed E-state index contributed by atoms with van der Waals surface area (Å²) < 4.78 is 0. The molecule has 2 aliphatic rings. The van der Waals surface area contributed by atoms with Crippen LogP contribution in [0.3, 0.4) is 0 Å². The van der Waals surface area contributed by atoms with Crippen LogP contribution in [0.4, 0.5) is 0 Å². The molecule has 0 amide bonds. The SMILES string of the molecule is CC1(C)CCNCC(CCO)N1C1CCCCC1. The van der Waals surface area contributed by atoms with Crippen LogP contribution in [0.1, 0.15) is 58.8 Å². The summed E-state index contributed by atoms with van der Waals surface area (Å²) in [6, 6.07) is 1.25. The maximum atomic E-state index is 9.34. The normalized spacial score (nSPS) is 31.2. The van der Waals surface area contributed by atoms with Gasteiger partial charge >= 0.3 is 0 Å². The number of hydrogen-bond donors (Lipinski definition) is 2. The van der Waals surface area contributed by atoms with Crippen molar-refractivity contribution in [1.82, 2.24) is 10.2 Å². The van der Waals surface area contributed by atoms with Gasteiger partial charge in [0.2, 0.25) is 0 Å². The maximum Gasteiger partial charge on any atom is 0.0446 e. The van der Waals surface area contributed by atoms with Gasteiger partial charge in [-0.05, 0) is 46.1 Å². The molecule has 2 fully saturated rings. The van der Waals surface area contributed by atoms with Crippen molar-refractivity contribution in [2.45, 2.75) is 76.4 Å². The lowest BCUT2D eigenvalue weighted by atomic mass is 9.87. The average molecular weight is 254 g/mol. The second kappa shape index (κ2) is 6.36. The largest absolute Gasteiger partial charge is 0.396 e. The highest BCUT2D eigenvalue weighted by atomic mass is 16.3. The highest BCUT2D eigenvalue weighted by Crippen LogP contribution is 2.33. The fraction of sp³-hybridized carbons (Fsp3) is 1.00. The Hall–Kier alpha value is -0.120. The number of aliphatic hydroxyl groups excluding tert-OH is 1. The van der Waals surface area contributed by atoms with E-state index in [2.05, 4.69) is 24.1 Å². The summed E-state index contributed by atoms with van der Waals surface area (Å²) in [7, 11) is 0. The minimum Gasteiger partial charge on any atom is -0.396 e. The molecule has 1 aliphatic heterocycles. The predicted octanol–water partition coefficient (Wildman–Crippen LogP) is 2.14. The number of rotatable bonds is 3. The minimum atomic E-state index is 0.269. The Morgan fingerprint density at radius 2 is 1.94 bits per heavy atom. The molecule has 0 spiro atoms. The molecule has 2 rings (SSSR count). The summed E-state index contributed by atoms with van der Waals surface area (Å²) in [5, 5.41) is 12.9. The monoisotopic (exact) mass is 254 g/mol. The van der Waals surface area contributed by atoms with Crippen LogP contribution >= 0.6 is 0 Å². The van der Waals surface area contributed by atoms with E-state index in [0.29, 0.717) is 12.6 Å². The summed E-state index contributed by atoms with van der Waals surface area (Å²) in [6.45, 7) is 7.24. The van der Waals surface area contributed by atoms with Crippen LogP contribution < -0.4 is 5.32 Å². The number of aliphatic hydroxyl groups is 1. The van der Waals surface area contributed by atoms with Crippen molar-refractivity contribution < 1.29 is 5.11 Å². The Kier molecular flexibility index (Phi) is 5.05. The standard InChI is InChI=1S/C15H30N2O/c1-15(2)9-10-16-12-14(8-11-18)17(15)13-6-4-3-5-7-13/h13-14,16,18H,3-12H2,1-2H3. The van der Waals surface area contributed by atoms with E-state index >= 15 is 0 Å². The zero-order valence-corrected chi connectivity index (χ0v) is 12.1. The zero-order valence-electron chi connectivity index (χ0n) is 12.1. The second-order valence-electron chi connectivity index (χ2n) is 6.63. The van der Waals surface area contributed by atoms with Crippen molar-refractivity contribution in [3.63, 3.8) is 0 Å². The second-order valence-corrected chi connectivity index (χ2v) is 6.63. The summed E-state index contributed by atoms with van der Waals surface area (Å²) in [6.07, 6.45) is 9.01. The van der Waals surface area contributed by atoms with Gasteiger partial charge in [0.1, 0.15) is 0 Å². The van der Waals surface area contributed by atoms with Crippen LogP contribution in [0.2, 0.25) is 0 Å². The molecule has 1 aliphatic carbocycles. The third kappa shape index (κ3) is 3.25. The van der Waals surface area contributed by atoms with Crippen molar-refractivity contribution in [3.8, 4) is 0 Å². The molecule has 18 heavy (non-hydrogen) atoms. The van der Waals surface area contributed by atoms with E-state index < -0.39 is 0 Å². The number of hydrogen-bond acceptors (Lipinski definition) is 3. The first kappa shape index (κ1) is 14.3. The van der Waals surface area contributed by atoms with Gasteiger partial charge < -0.3 is 10.4 Å². The molecular formula is C15H30N2O. The Bertz CT molecular complexity index is 249. The Labute approximate surface area is 112 Å². The van der Waals surface area contributed by atoms with E-state index in [1.807, 2.05) is 0 Å². The van der Waals surface area contributed by atoms with Gasteiger partial charge in [0.05, 0.1) is 0 Å². The molecule has 0 aromatic heterocycles. The quantitative estimate of drug-likeness (QED) is 0.810. The molecule has 1 saturated heterocycles. The van der Waals surface area contributed by atoms with Crippen molar-refractivity contribution in [2.75, 3.05) is 19.7 Å². The third-order valence-corrected chi connectivity index (χ3v) is 4.82. The van der Waals surface area contributed by atoms with Crippen LogP contribution in [-0.2, 0) is 0 Å². The molecule has 1 atom stereocenters. The molecule has 3 nitrogen and oxygen atoms in total. The van der Waals surface area contributed by atoms with E-state index in [9.17, 15) is 5.11 Å². The van der Waals surface area contributed by atoms with Gasteiger partial charge in [0.25, 0.3) is 0 Å². The number of nitrogens with zero attached hydrogens (tertiary/aromatic N) is 1. The van der Waals surface area contributed by atoms with Crippen LogP contribution in [-0.4, -0.2) is 47.3 Å². The first-order chi connectivity index (χ1) is 8.65. The highest BCUT2D eigenvalue weighted by molar-refractivity contribution is 4.95. The molecule has 0 bridgehead atoms. The van der Waals surface area contributed by atoms with Crippen LogP contribution in [0.25, 0.3) is 0 Å². The Balaban J connectivity index is 2.14. The molecule has 1 heterocycles. The predicted molar refractivity (Wildman–Crippen MR) is 75.8 cm³/mol. The van der Waals surface area contributed by atoms with Crippen molar-refractivity contribution in [1.29, 1.82) is 0 Å². The lowest BCUT2D eigenvalue weighted by molar-refractivity contribution is 0.00546. The van der Waals surface area contributed by atoms with Crippen molar-refractivity contribution in [3.05, 3.63) is 0 Å². The minimum absolute atomic E-state index is 0.269. The summed E-state index contributed by atoms with van der Waals surface area (Å²) in [4.78, 5) is 2.75. The van der Waals surface area contributed by atoms with Crippen molar-refractivity contribution >= 4 is 0 Å². The van der Waals surface area contributed by atoms with Gasteiger partial charge in [-0.3, -0.25) is 4.90 Å². The molecule has 3 heteroatoms. The summed E-state index contributed by atoms with van der Waals surface area (Å²) in [5.74, 6) is 0. The van der Waals surface area contributed by atoms with E-state index in [1.165, 1.54) is 38.5 Å². The van der Waals surface area contributed by atoms with E-state index in [-0.39, 0.29) is 5.54 Å². The number of nitrogens with one attached hydrogen (secondary N) is 1. The zero-order chi connectivity index (χ0) is 13.0.